The molecule has 0 aliphatic carbocycles. The molecule has 1 aliphatic rings. The largest absolute Gasteiger partial charge is 0.485 e. The Kier molecular flexibility index (Phi) is 3.46. The molecule has 0 aromatic heterocycles. The summed E-state index contributed by atoms with van der Waals surface area (Å²) in [4.78, 5) is 0. The lowest BCUT2D eigenvalue weighted by Crippen LogP contribution is -2.24. The number of rotatable bonds is 3. The molecular weight excluding hydrogens is 286 g/mol. The molecule has 1 heterocycles. The minimum atomic E-state index is -0.184. The van der Waals surface area contributed by atoms with Crippen molar-refractivity contribution in [3.8, 4) is 11.5 Å². The molecule has 2 aromatic carbocycles. The van der Waals surface area contributed by atoms with Gasteiger partial charge in [0.15, 0.2) is 11.5 Å². The summed E-state index contributed by atoms with van der Waals surface area (Å²) in [6, 6.07) is 11.4. The molecule has 1 aliphatic heterocycles. The van der Waals surface area contributed by atoms with Gasteiger partial charge >= 0.3 is 0 Å². The summed E-state index contributed by atoms with van der Waals surface area (Å²) in [6.07, 6.45) is 0.887. The van der Waals surface area contributed by atoms with E-state index >= 15 is 0 Å². The summed E-state index contributed by atoms with van der Waals surface area (Å²) in [5.74, 6) is 1.58. The smallest absolute Gasteiger partial charge is 0.165 e. The SMILES string of the molecule is CC1(C)Cc2cccc(OCc3cc(N)ccc3Cl)c2O1. The molecule has 0 spiro atoms. The molecule has 0 radical (unpaired) electrons. The number of benzene rings is 2. The lowest BCUT2D eigenvalue weighted by Gasteiger charge is -2.18. The van der Waals surface area contributed by atoms with Crippen molar-refractivity contribution in [3.05, 3.63) is 52.5 Å². The maximum Gasteiger partial charge on any atom is 0.165 e. The van der Waals surface area contributed by atoms with Gasteiger partial charge in [0.1, 0.15) is 12.2 Å². The summed E-state index contributed by atoms with van der Waals surface area (Å²) in [5, 5.41) is 0.651. The molecule has 0 fully saturated rings. The molecule has 0 saturated carbocycles. The standard InChI is InChI=1S/C17H18ClNO2/c1-17(2)9-11-4-3-5-15(16(11)21-17)20-10-12-8-13(19)6-7-14(12)18/h3-8H,9-10,19H2,1-2H3. The Balaban J connectivity index is 1.81. The third kappa shape index (κ3) is 2.93. The molecule has 3 nitrogen and oxygen atoms in total. The molecule has 2 N–H and O–H groups in total. The Hall–Kier alpha value is -1.87. The van der Waals surface area contributed by atoms with Crippen LogP contribution in [0.5, 0.6) is 11.5 Å². The summed E-state index contributed by atoms with van der Waals surface area (Å²) in [6.45, 7) is 4.52. The van der Waals surface area contributed by atoms with Gasteiger partial charge in [0.2, 0.25) is 0 Å². The van der Waals surface area contributed by atoms with Gasteiger partial charge in [-0.15, -0.1) is 0 Å². The lowest BCUT2D eigenvalue weighted by atomic mass is 10.0. The molecule has 0 bridgehead atoms. The van der Waals surface area contributed by atoms with Gasteiger partial charge in [0.05, 0.1) is 0 Å². The number of para-hydroxylation sites is 1. The van der Waals surface area contributed by atoms with Gasteiger partial charge in [-0.25, -0.2) is 0 Å². The fourth-order valence-corrected chi connectivity index (χ4v) is 2.73. The van der Waals surface area contributed by atoms with Gasteiger partial charge in [-0.2, -0.15) is 0 Å². The number of nitrogens with two attached hydrogens (primary N) is 1. The lowest BCUT2D eigenvalue weighted by molar-refractivity contribution is 0.131. The summed E-state index contributed by atoms with van der Waals surface area (Å²) >= 11 is 6.16. The van der Waals surface area contributed by atoms with Crippen LogP contribution in [0, 0.1) is 0 Å². The predicted molar refractivity (Wildman–Crippen MR) is 85.0 cm³/mol. The van der Waals surface area contributed by atoms with E-state index in [2.05, 4.69) is 19.9 Å². The molecule has 4 heteroatoms. The zero-order valence-electron chi connectivity index (χ0n) is 12.2. The normalized spacial score (nSPS) is 15.4. The Labute approximate surface area is 129 Å². The second kappa shape index (κ2) is 5.15. The van der Waals surface area contributed by atoms with Crippen LogP contribution >= 0.6 is 11.6 Å². The first-order valence-electron chi connectivity index (χ1n) is 6.92. The van der Waals surface area contributed by atoms with Crippen molar-refractivity contribution < 1.29 is 9.47 Å². The van der Waals surface area contributed by atoms with Crippen molar-refractivity contribution in [1.29, 1.82) is 0 Å². The number of nitrogen functional groups attached to an aromatic ring is 1. The highest BCUT2D eigenvalue weighted by Gasteiger charge is 2.32. The molecule has 0 amide bonds. The molecule has 0 atom stereocenters. The van der Waals surface area contributed by atoms with Gasteiger partial charge in [0.25, 0.3) is 0 Å². The van der Waals surface area contributed by atoms with Gasteiger partial charge in [-0.1, -0.05) is 23.7 Å². The maximum absolute atomic E-state index is 6.16. The summed E-state index contributed by atoms with van der Waals surface area (Å²) in [5.41, 5.74) is 8.32. The van der Waals surface area contributed by atoms with Crippen molar-refractivity contribution in [1.82, 2.24) is 0 Å². The average molecular weight is 304 g/mol. The highest BCUT2D eigenvalue weighted by molar-refractivity contribution is 6.31. The second-order valence-electron chi connectivity index (χ2n) is 5.92. The van der Waals surface area contributed by atoms with Crippen LogP contribution in [0.3, 0.4) is 0 Å². The van der Waals surface area contributed by atoms with Crippen molar-refractivity contribution >= 4 is 17.3 Å². The fourth-order valence-electron chi connectivity index (χ4n) is 2.56. The summed E-state index contributed by atoms with van der Waals surface area (Å²) in [7, 11) is 0. The van der Waals surface area contributed by atoms with Gasteiger partial charge < -0.3 is 15.2 Å². The molecule has 0 unspecified atom stereocenters. The van der Waals surface area contributed by atoms with E-state index in [-0.39, 0.29) is 5.60 Å². The maximum atomic E-state index is 6.16. The Bertz CT molecular complexity index is 682. The van der Waals surface area contributed by atoms with Crippen LogP contribution < -0.4 is 15.2 Å². The molecular formula is C17H18ClNO2. The number of halogens is 1. The topological polar surface area (TPSA) is 44.5 Å². The van der Waals surface area contributed by atoms with E-state index in [9.17, 15) is 0 Å². The molecule has 3 rings (SSSR count). The van der Waals surface area contributed by atoms with E-state index in [0.29, 0.717) is 17.3 Å². The van der Waals surface area contributed by atoms with Crippen molar-refractivity contribution in [2.45, 2.75) is 32.5 Å². The Morgan fingerprint density at radius 3 is 2.90 bits per heavy atom. The van der Waals surface area contributed by atoms with Crippen molar-refractivity contribution in [2.24, 2.45) is 0 Å². The first-order chi connectivity index (χ1) is 9.94. The van der Waals surface area contributed by atoms with Crippen LogP contribution in [0.4, 0.5) is 5.69 Å². The monoisotopic (exact) mass is 303 g/mol. The Morgan fingerprint density at radius 2 is 2.10 bits per heavy atom. The molecule has 110 valence electrons. The highest BCUT2D eigenvalue weighted by atomic mass is 35.5. The quantitative estimate of drug-likeness (QED) is 0.864. The number of hydrogen-bond donors (Lipinski definition) is 1. The van der Waals surface area contributed by atoms with Crippen LogP contribution in [0.25, 0.3) is 0 Å². The average Bonchev–Trinajstić information content (AvgIpc) is 2.74. The van der Waals surface area contributed by atoms with E-state index in [1.807, 2.05) is 18.2 Å². The van der Waals surface area contributed by atoms with Gasteiger partial charge in [-0.3, -0.25) is 0 Å². The molecule has 2 aromatic rings. The minimum absolute atomic E-state index is 0.184. The van der Waals surface area contributed by atoms with Crippen LogP contribution in [0.1, 0.15) is 25.0 Å². The van der Waals surface area contributed by atoms with Gasteiger partial charge in [-0.05, 0) is 38.1 Å². The van der Waals surface area contributed by atoms with Crippen LogP contribution in [-0.4, -0.2) is 5.60 Å². The minimum Gasteiger partial charge on any atom is -0.485 e. The zero-order chi connectivity index (χ0) is 15.0. The zero-order valence-corrected chi connectivity index (χ0v) is 12.9. The number of ether oxygens (including phenoxy) is 2. The van der Waals surface area contributed by atoms with Crippen molar-refractivity contribution in [2.75, 3.05) is 5.73 Å². The first-order valence-corrected chi connectivity index (χ1v) is 7.30. The van der Waals surface area contributed by atoms with E-state index in [4.69, 9.17) is 26.8 Å². The highest BCUT2D eigenvalue weighted by Crippen LogP contribution is 2.42. The van der Waals surface area contributed by atoms with Crippen LogP contribution in [0.15, 0.2) is 36.4 Å². The predicted octanol–water partition coefficient (Wildman–Crippen LogP) is 4.21. The fraction of sp³-hybridized carbons (Fsp3) is 0.294. The van der Waals surface area contributed by atoms with Crippen LogP contribution in [-0.2, 0) is 13.0 Å². The number of fused-ring (bicyclic) bond motifs is 1. The Morgan fingerprint density at radius 1 is 1.29 bits per heavy atom. The van der Waals surface area contributed by atoms with E-state index in [1.54, 1.807) is 12.1 Å². The first kappa shape index (κ1) is 14.1. The number of anilines is 1. The van der Waals surface area contributed by atoms with Gasteiger partial charge in [0, 0.05) is 28.3 Å². The van der Waals surface area contributed by atoms with E-state index < -0.39 is 0 Å². The second-order valence-corrected chi connectivity index (χ2v) is 6.33. The summed E-state index contributed by atoms with van der Waals surface area (Å²) < 4.78 is 11.9. The third-order valence-electron chi connectivity index (χ3n) is 3.51. The van der Waals surface area contributed by atoms with Crippen LogP contribution in [0.2, 0.25) is 5.02 Å². The molecule has 21 heavy (non-hydrogen) atoms. The number of hydrogen-bond acceptors (Lipinski definition) is 3. The van der Waals surface area contributed by atoms with Crippen molar-refractivity contribution in [3.63, 3.8) is 0 Å². The van der Waals surface area contributed by atoms with E-state index in [0.717, 1.165) is 23.5 Å². The van der Waals surface area contributed by atoms with E-state index in [1.165, 1.54) is 5.56 Å². The third-order valence-corrected chi connectivity index (χ3v) is 3.88. The molecule has 0 saturated heterocycles.